The maximum Gasteiger partial charge on any atom is 0.113 e. The number of hydrogen-bond acceptors (Lipinski definition) is 3. The molecular weight excluding hydrogens is 571 g/mol. The average Bonchev–Trinajstić information content (AvgIpc) is 3.02. The molecule has 133 valence electrons. The second-order valence-corrected chi connectivity index (χ2v) is 12.2. The molecule has 0 fully saturated rings. The lowest BCUT2D eigenvalue weighted by Gasteiger charge is -2.18. The first-order chi connectivity index (χ1) is 11.6. The zero-order valence-corrected chi connectivity index (χ0v) is 20.4. The number of rotatable bonds is 3. The van der Waals surface area contributed by atoms with Crippen LogP contribution in [0.2, 0.25) is 41.1 Å². The van der Waals surface area contributed by atoms with Gasteiger partial charge in [-0.05, 0) is 0 Å². The summed E-state index contributed by atoms with van der Waals surface area (Å²) in [5.41, 5.74) is 1.24. The lowest BCUT2D eigenvalue weighted by Crippen LogP contribution is -2.05. The van der Waals surface area contributed by atoms with Crippen molar-refractivity contribution in [2.45, 2.75) is 0 Å². The third-order valence-corrected chi connectivity index (χ3v) is 9.64. The minimum Gasteiger partial charge on any atom is -0.109 e. The molecule has 0 nitrogen and oxygen atoms in total. The minimum absolute atomic E-state index is 0.232. The highest BCUT2D eigenvalue weighted by molar-refractivity contribution is 7.22. The van der Waals surface area contributed by atoms with Crippen LogP contribution in [0.15, 0.2) is 0 Å². The van der Waals surface area contributed by atoms with Gasteiger partial charge in [0.1, 0.15) is 26.0 Å². The summed E-state index contributed by atoms with van der Waals surface area (Å²) in [6, 6.07) is 0. The third kappa shape index (κ3) is 3.80. The Morgan fingerprint density at radius 2 is 0.640 bits per heavy atom. The van der Waals surface area contributed by atoms with Crippen LogP contribution in [0.25, 0.3) is 0 Å². The monoisotopic (exact) mass is 567 g/mol. The molecule has 0 N–H and O–H groups in total. The molecule has 0 aliphatic rings. The largest absolute Gasteiger partial charge is 0.113 e. The third-order valence-electron chi connectivity index (χ3n) is 3.05. The maximum atomic E-state index is 6.37. The van der Waals surface area contributed by atoms with Gasteiger partial charge in [-0.3, -0.25) is 0 Å². The molecule has 0 unspecified atom stereocenters. The van der Waals surface area contributed by atoms with Gasteiger partial charge in [0.2, 0.25) is 0 Å². The van der Waals surface area contributed by atoms with Gasteiger partial charge in [-0.15, -0.1) is 34.0 Å². The first-order valence-corrected chi connectivity index (χ1v) is 11.8. The fourth-order valence-electron chi connectivity index (χ4n) is 2.08. The molecular formula is C13Cl9S3. The standard InChI is InChI=1S/C13Cl9S3/c14-5-2(8(17)23-11(5)20)1(3-6(15)12(21)24-9(3)18)4-7(16)13(22)25-10(4)19. The van der Waals surface area contributed by atoms with Crippen molar-refractivity contribution in [3.63, 3.8) is 0 Å². The molecule has 0 saturated carbocycles. The van der Waals surface area contributed by atoms with E-state index in [0.717, 1.165) is 34.0 Å². The van der Waals surface area contributed by atoms with E-state index in [1.165, 1.54) is 0 Å². The molecule has 0 aromatic carbocycles. The minimum atomic E-state index is 0.232. The van der Waals surface area contributed by atoms with Crippen LogP contribution in [0.3, 0.4) is 0 Å². The van der Waals surface area contributed by atoms with Gasteiger partial charge < -0.3 is 0 Å². The van der Waals surface area contributed by atoms with Gasteiger partial charge >= 0.3 is 0 Å². The van der Waals surface area contributed by atoms with Gasteiger partial charge in [0.15, 0.2) is 0 Å². The molecule has 3 aromatic heterocycles. The van der Waals surface area contributed by atoms with E-state index in [9.17, 15) is 0 Å². The summed E-state index contributed by atoms with van der Waals surface area (Å²) in [5.74, 6) is 0.425. The van der Waals surface area contributed by atoms with Crippen molar-refractivity contribution in [3.8, 4) is 0 Å². The molecule has 0 aliphatic carbocycles. The van der Waals surface area contributed by atoms with Crippen molar-refractivity contribution in [2.24, 2.45) is 0 Å². The predicted molar refractivity (Wildman–Crippen MR) is 119 cm³/mol. The molecule has 3 heterocycles. The van der Waals surface area contributed by atoms with Gasteiger partial charge in [-0.25, -0.2) is 0 Å². The second kappa shape index (κ2) is 8.22. The molecule has 0 bridgehead atoms. The quantitative estimate of drug-likeness (QED) is 0.293. The Balaban J connectivity index is 2.41. The second-order valence-electron chi connectivity index (χ2n) is 4.39. The van der Waals surface area contributed by atoms with Crippen LogP contribution < -0.4 is 0 Å². The predicted octanol–water partition coefficient (Wildman–Crippen LogP) is 10.8. The smallest absolute Gasteiger partial charge is 0.109 e. The van der Waals surface area contributed by atoms with E-state index in [-0.39, 0.29) is 15.1 Å². The summed E-state index contributed by atoms with van der Waals surface area (Å²) in [4.78, 5) is 0. The average molecular weight is 571 g/mol. The summed E-state index contributed by atoms with van der Waals surface area (Å²) in [7, 11) is 0. The number of halogens is 9. The van der Waals surface area contributed by atoms with Gasteiger partial charge in [0, 0.05) is 16.7 Å². The number of thiophene rings is 3. The topological polar surface area (TPSA) is 0 Å². The highest BCUT2D eigenvalue weighted by Gasteiger charge is 2.36. The first kappa shape index (κ1) is 21.4. The van der Waals surface area contributed by atoms with E-state index in [0.29, 0.717) is 48.6 Å². The van der Waals surface area contributed by atoms with Crippen molar-refractivity contribution >= 4 is 138 Å². The Morgan fingerprint density at radius 3 is 0.800 bits per heavy atom. The van der Waals surface area contributed by atoms with Crippen LogP contribution >= 0.6 is 138 Å². The highest BCUT2D eigenvalue weighted by Crippen LogP contribution is 2.57. The Kier molecular flexibility index (Phi) is 7.04. The van der Waals surface area contributed by atoms with Crippen molar-refractivity contribution < 1.29 is 0 Å². The van der Waals surface area contributed by atoms with Crippen LogP contribution in [-0.2, 0) is 0 Å². The Hall–Kier alpha value is 1.71. The van der Waals surface area contributed by atoms with Crippen molar-refractivity contribution in [1.29, 1.82) is 0 Å². The maximum absolute atomic E-state index is 6.37. The Morgan fingerprint density at radius 1 is 0.400 bits per heavy atom. The molecule has 12 heteroatoms. The SMILES string of the molecule is Clc1sc(Cl)c([C](c2c(Cl)sc(Cl)c2Cl)c2c(Cl)sc(Cl)c2Cl)c1Cl. The zero-order chi connectivity index (χ0) is 18.6. The Labute approximate surface area is 200 Å². The molecule has 25 heavy (non-hydrogen) atoms. The van der Waals surface area contributed by atoms with Crippen LogP contribution in [0.1, 0.15) is 16.7 Å². The van der Waals surface area contributed by atoms with Gasteiger partial charge in [0.05, 0.1) is 21.0 Å². The van der Waals surface area contributed by atoms with E-state index in [4.69, 9.17) is 104 Å². The zero-order valence-electron chi connectivity index (χ0n) is 11.1. The fraction of sp³-hybridized carbons (Fsp3) is 0. The molecule has 0 aliphatic heterocycles. The molecule has 0 spiro atoms. The normalized spacial score (nSPS) is 11.8. The van der Waals surface area contributed by atoms with Crippen molar-refractivity contribution in [1.82, 2.24) is 0 Å². The molecule has 3 aromatic rings. The van der Waals surface area contributed by atoms with Gasteiger partial charge in [-0.1, -0.05) is 104 Å². The van der Waals surface area contributed by atoms with Crippen LogP contribution in [-0.4, -0.2) is 0 Å². The van der Waals surface area contributed by atoms with Gasteiger partial charge in [0.25, 0.3) is 0 Å². The van der Waals surface area contributed by atoms with Crippen LogP contribution in [0.4, 0.5) is 0 Å². The molecule has 0 atom stereocenters. The summed E-state index contributed by atoms with van der Waals surface area (Å²) >= 11 is 59.9. The molecule has 3 rings (SSSR count). The molecule has 1 radical (unpaired) electrons. The number of hydrogen-bond donors (Lipinski definition) is 0. The van der Waals surface area contributed by atoms with E-state index in [1.807, 2.05) is 0 Å². The lowest BCUT2D eigenvalue weighted by atomic mass is 9.89. The molecule has 0 amide bonds. The molecule has 0 saturated heterocycles. The summed E-state index contributed by atoms with van der Waals surface area (Å²) in [6.07, 6.45) is 0. The Bertz CT molecular complexity index is 844. The van der Waals surface area contributed by atoms with Crippen LogP contribution in [0.5, 0.6) is 0 Å². The summed E-state index contributed by atoms with van der Waals surface area (Å²) < 4.78 is 1.90. The first-order valence-electron chi connectivity index (χ1n) is 5.93. The van der Waals surface area contributed by atoms with Crippen molar-refractivity contribution in [3.05, 3.63) is 63.7 Å². The fourth-order valence-corrected chi connectivity index (χ4v) is 7.86. The van der Waals surface area contributed by atoms with Crippen LogP contribution in [0, 0.1) is 5.92 Å². The van der Waals surface area contributed by atoms with E-state index < -0.39 is 0 Å². The van der Waals surface area contributed by atoms with Crippen molar-refractivity contribution in [2.75, 3.05) is 0 Å². The van der Waals surface area contributed by atoms with E-state index in [1.54, 1.807) is 0 Å². The van der Waals surface area contributed by atoms with E-state index >= 15 is 0 Å². The van der Waals surface area contributed by atoms with E-state index in [2.05, 4.69) is 0 Å². The summed E-state index contributed by atoms with van der Waals surface area (Å²) in [5, 5.41) is 0.696. The summed E-state index contributed by atoms with van der Waals surface area (Å²) in [6.45, 7) is 0. The van der Waals surface area contributed by atoms with Gasteiger partial charge in [-0.2, -0.15) is 0 Å². The lowest BCUT2D eigenvalue weighted by molar-refractivity contribution is 1.28. The highest BCUT2D eigenvalue weighted by atomic mass is 35.5.